The zero-order valence-electron chi connectivity index (χ0n) is 11.4. The normalized spacial score (nSPS) is 20.7. The molecular weight excluding hydrogens is 294 g/mol. The number of sulfone groups is 1. The van der Waals surface area contributed by atoms with Crippen LogP contribution in [0.2, 0.25) is 0 Å². The molecule has 7 heteroatoms. The zero-order valence-corrected chi connectivity index (χ0v) is 12.2. The van der Waals surface area contributed by atoms with Crippen LogP contribution in [-0.2, 0) is 25.8 Å². The van der Waals surface area contributed by atoms with Gasteiger partial charge in [0.1, 0.15) is 5.25 Å². The summed E-state index contributed by atoms with van der Waals surface area (Å²) >= 11 is 0. The van der Waals surface area contributed by atoms with Crippen LogP contribution < -0.4 is 5.32 Å². The van der Waals surface area contributed by atoms with E-state index in [0.717, 1.165) is 0 Å². The van der Waals surface area contributed by atoms with Crippen LogP contribution >= 0.6 is 0 Å². The van der Waals surface area contributed by atoms with Gasteiger partial charge in [-0.15, -0.1) is 0 Å². The van der Waals surface area contributed by atoms with Crippen LogP contribution in [0.25, 0.3) is 0 Å². The van der Waals surface area contributed by atoms with Crippen molar-refractivity contribution in [3.05, 3.63) is 29.8 Å². The number of hydrogen-bond donors (Lipinski definition) is 2. The summed E-state index contributed by atoms with van der Waals surface area (Å²) in [6.07, 6.45) is 1.37. The van der Waals surface area contributed by atoms with E-state index in [-0.39, 0.29) is 12.2 Å². The van der Waals surface area contributed by atoms with E-state index in [1.54, 1.807) is 24.3 Å². The highest BCUT2D eigenvalue weighted by atomic mass is 32.2. The molecule has 1 amide bonds. The summed E-state index contributed by atoms with van der Waals surface area (Å²) < 4.78 is 23.8. The average molecular weight is 311 g/mol. The summed E-state index contributed by atoms with van der Waals surface area (Å²) in [6.45, 7) is 0. The number of amides is 1. The molecule has 1 aromatic carbocycles. The number of carbonyl (C=O) groups is 2. The molecule has 0 radical (unpaired) electrons. The Morgan fingerprint density at radius 1 is 1.24 bits per heavy atom. The van der Waals surface area contributed by atoms with Crippen molar-refractivity contribution in [2.45, 2.75) is 30.9 Å². The molecule has 1 aliphatic heterocycles. The van der Waals surface area contributed by atoms with Crippen LogP contribution in [0, 0.1) is 0 Å². The molecule has 1 heterocycles. The number of anilines is 1. The number of aliphatic carboxylic acids is 1. The Bertz CT molecular complexity index is 653. The topological polar surface area (TPSA) is 101 Å². The first-order chi connectivity index (χ1) is 9.90. The van der Waals surface area contributed by atoms with Crippen LogP contribution in [0.15, 0.2) is 24.3 Å². The fourth-order valence-electron chi connectivity index (χ4n) is 2.42. The molecule has 1 aliphatic rings. The highest BCUT2D eigenvalue weighted by Gasteiger charge is 2.35. The molecule has 0 aromatic heterocycles. The van der Waals surface area contributed by atoms with Gasteiger partial charge in [0.15, 0.2) is 9.84 Å². The van der Waals surface area contributed by atoms with Gasteiger partial charge in [0.05, 0.1) is 12.2 Å². The summed E-state index contributed by atoms with van der Waals surface area (Å²) in [4.78, 5) is 23.0. The number of hydrogen-bond acceptors (Lipinski definition) is 4. The first kappa shape index (κ1) is 15.5. The lowest BCUT2D eigenvalue weighted by Crippen LogP contribution is -2.39. The summed E-state index contributed by atoms with van der Waals surface area (Å²) in [7, 11) is -3.41. The third-order valence-electron chi connectivity index (χ3n) is 3.49. The van der Waals surface area contributed by atoms with Gasteiger partial charge in [-0.3, -0.25) is 9.59 Å². The van der Waals surface area contributed by atoms with Crippen molar-refractivity contribution >= 4 is 27.4 Å². The Hall–Kier alpha value is -1.89. The Morgan fingerprint density at radius 2 is 1.95 bits per heavy atom. The Labute approximate surface area is 123 Å². The van der Waals surface area contributed by atoms with E-state index in [1.807, 2.05) is 0 Å². The smallest absolute Gasteiger partial charge is 0.307 e. The monoisotopic (exact) mass is 311 g/mol. The maximum atomic E-state index is 12.2. The van der Waals surface area contributed by atoms with Crippen molar-refractivity contribution in [2.24, 2.45) is 0 Å². The number of benzene rings is 1. The van der Waals surface area contributed by atoms with E-state index in [9.17, 15) is 18.0 Å². The SMILES string of the molecule is O=C(O)Cc1ccccc1NC(=O)C1CCCCS1(=O)=O. The molecule has 0 spiro atoms. The highest BCUT2D eigenvalue weighted by molar-refractivity contribution is 7.92. The van der Waals surface area contributed by atoms with Gasteiger partial charge >= 0.3 is 5.97 Å². The number of nitrogens with one attached hydrogen (secondary N) is 1. The van der Waals surface area contributed by atoms with Gasteiger partial charge in [0.25, 0.3) is 0 Å². The van der Waals surface area contributed by atoms with Crippen LogP contribution in [0.5, 0.6) is 0 Å². The third-order valence-corrected chi connectivity index (χ3v) is 5.66. The lowest BCUT2D eigenvalue weighted by atomic mass is 10.1. The fourth-order valence-corrected chi connectivity index (χ4v) is 4.22. The molecule has 6 nitrogen and oxygen atoms in total. The Balaban J connectivity index is 2.18. The highest BCUT2D eigenvalue weighted by Crippen LogP contribution is 2.22. The molecule has 21 heavy (non-hydrogen) atoms. The van der Waals surface area contributed by atoms with E-state index >= 15 is 0 Å². The number of carboxylic acid groups (broad SMARTS) is 1. The van der Waals surface area contributed by atoms with Crippen molar-refractivity contribution in [3.63, 3.8) is 0 Å². The maximum absolute atomic E-state index is 12.2. The summed E-state index contributed by atoms with van der Waals surface area (Å²) in [5.41, 5.74) is 0.803. The summed E-state index contributed by atoms with van der Waals surface area (Å²) in [6, 6.07) is 6.51. The second-order valence-corrected chi connectivity index (χ2v) is 7.37. The minimum absolute atomic E-state index is 0.0296. The van der Waals surface area contributed by atoms with Crippen LogP contribution in [0.1, 0.15) is 24.8 Å². The van der Waals surface area contributed by atoms with Gasteiger partial charge in [-0.05, 0) is 24.5 Å². The van der Waals surface area contributed by atoms with Gasteiger partial charge in [-0.2, -0.15) is 0 Å². The predicted molar refractivity (Wildman–Crippen MR) is 77.8 cm³/mol. The molecule has 0 aliphatic carbocycles. The van der Waals surface area contributed by atoms with Gasteiger partial charge in [0, 0.05) is 5.69 Å². The quantitative estimate of drug-likeness (QED) is 0.870. The van der Waals surface area contributed by atoms with Crippen LogP contribution in [0.4, 0.5) is 5.69 Å². The van der Waals surface area contributed by atoms with E-state index in [0.29, 0.717) is 30.5 Å². The lowest BCUT2D eigenvalue weighted by molar-refractivity contribution is -0.136. The third kappa shape index (κ3) is 3.81. The van der Waals surface area contributed by atoms with Crippen molar-refractivity contribution in [1.29, 1.82) is 0 Å². The molecule has 0 saturated carbocycles. The number of rotatable bonds is 4. The molecule has 2 rings (SSSR count). The molecule has 1 fully saturated rings. The summed E-state index contributed by atoms with van der Waals surface area (Å²) in [5, 5.41) is 10.4. The van der Waals surface area contributed by atoms with Crippen LogP contribution in [0.3, 0.4) is 0 Å². The van der Waals surface area contributed by atoms with E-state index < -0.39 is 27.0 Å². The van der Waals surface area contributed by atoms with Crippen molar-refractivity contribution < 1.29 is 23.1 Å². The fraction of sp³-hybridized carbons (Fsp3) is 0.429. The van der Waals surface area contributed by atoms with Gasteiger partial charge < -0.3 is 10.4 Å². The standard InChI is InChI=1S/C14H17NO5S/c16-13(17)9-10-5-1-2-6-11(10)15-14(18)12-7-3-4-8-21(12,19)20/h1-2,5-6,12H,3-4,7-9H2,(H,15,18)(H,16,17). The predicted octanol–water partition coefficient (Wildman–Crippen LogP) is 1.22. The number of para-hydroxylation sites is 1. The Kier molecular flexibility index (Phi) is 4.62. The van der Waals surface area contributed by atoms with E-state index in [4.69, 9.17) is 5.11 Å². The second-order valence-electron chi connectivity index (χ2n) is 5.07. The molecule has 1 aromatic rings. The maximum Gasteiger partial charge on any atom is 0.307 e. The van der Waals surface area contributed by atoms with Crippen molar-refractivity contribution in [3.8, 4) is 0 Å². The van der Waals surface area contributed by atoms with Gasteiger partial charge in [0.2, 0.25) is 5.91 Å². The molecule has 1 saturated heterocycles. The van der Waals surface area contributed by atoms with Gasteiger partial charge in [-0.1, -0.05) is 24.6 Å². The van der Waals surface area contributed by atoms with Crippen molar-refractivity contribution in [1.82, 2.24) is 0 Å². The molecular formula is C14H17NO5S. The summed E-state index contributed by atoms with van der Waals surface area (Å²) in [5.74, 6) is -1.56. The van der Waals surface area contributed by atoms with Crippen LogP contribution in [-0.4, -0.2) is 36.4 Å². The average Bonchev–Trinajstić information content (AvgIpc) is 2.39. The first-order valence-corrected chi connectivity index (χ1v) is 8.44. The zero-order chi connectivity index (χ0) is 15.5. The minimum atomic E-state index is -3.41. The van der Waals surface area contributed by atoms with E-state index in [1.165, 1.54) is 0 Å². The first-order valence-electron chi connectivity index (χ1n) is 6.72. The minimum Gasteiger partial charge on any atom is -0.481 e. The number of carbonyl (C=O) groups excluding carboxylic acids is 1. The largest absolute Gasteiger partial charge is 0.481 e. The van der Waals surface area contributed by atoms with Gasteiger partial charge in [-0.25, -0.2) is 8.42 Å². The molecule has 2 N–H and O–H groups in total. The Morgan fingerprint density at radius 3 is 2.62 bits per heavy atom. The molecule has 114 valence electrons. The number of carboxylic acids is 1. The lowest BCUT2D eigenvalue weighted by Gasteiger charge is -2.22. The van der Waals surface area contributed by atoms with E-state index in [2.05, 4.69) is 5.32 Å². The second kappa shape index (κ2) is 6.26. The molecule has 1 atom stereocenters. The molecule has 1 unspecified atom stereocenters. The molecule has 0 bridgehead atoms. The van der Waals surface area contributed by atoms with Crippen molar-refractivity contribution in [2.75, 3.05) is 11.1 Å².